The van der Waals surface area contributed by atoms with Crippen molar-refractivity contribution in [1.82, 2.24) is 14.8 Å². The number of likely N-dealkylation sites (tertiary alicyclic amines) is 1. The third-order valence-electron chi connectivity index (χ3n) is 5.87. The average Bonchev–Trinajstić information content (AvgIpc) is 3.12. The molecule has 0 aliphatic carbocycles. The first-order valence-electron chi connectivity index (χ1n) is 11.3. The zero-order valence-electron chi connectivity index (χ0n) is 18.8. The third kappa shape index (κ3) is 5.07. The third-order valence-corrected chi connectivity index (χ3v) is 5.87. The Kier molecular flexibility index (Phi) is 7.36. The van der Waals surface area contributed by atoms with Crippen molar-refractivity contribution in [2.45, 2.75) is 19.4 Å². The fourth-order valence-electron chi connectivity index (χ4n) is 4.11. The molecule has 8 heteroatoms. The molecule has 1 aromatic heterocycles. The van der Waals surface area contributed by atoms with Gasteiger partial charge in [0.15, 0.2) is 0 Å². The molecule has 2 aliphatic heterocycles. The maximum Gasteiger partial charge on any atom is 0.295 e. The van der Waals surface area contributed by atoms with Gasteiger partial charge in [-0.1, -0.05) is 13.0 Å². The SMILES string of the molecule is CCCOc1ccc(/C(O)=C2\C(=O)C(=O)N(CCN3CCOCC3)[C@H]2c2ccccn2)cc1. The largest absolute Gasteiger partial charge is 0.507 e. The maximum atomic E-state index is 13.1. The van der Waals surface area contributed by atoms with Gasteiger partial charge in [-0.2, -0.15) is 0 Å². The molecule has 0 radical (unpaired) electrons. The van der Waals surface area contributed by atoms with Crippen LogP contribution in [0.25, 0.3) is 5.76 Å². The Labute approximate surface area is 193 Å². The second-order valence-corrected chi connectivity index (χ2v) is 8.07. The molecule has 1 atom stereocenters. The summed E-state index contributed by atoms with van der Waals surface area (Å²) in [5.74, 6) is -0.847. The van der Waals surface area contributed by atoms with Crippen LogP contribution in [-0.4, -0.2) is 77.6 Å². The second kappa shape index (κ2) is 10.6. The van der Waals surface area contributed by atoms with Gasteiger partial charge in [0, 0.05) is 37.9 Å². The molecule has 2 aromatic rings. The number of Topliss-reactive ketones (excluding diaryl/α,β-unsaturated/α-hetero) is 1. The van der Waals surface area contributed by atoms with Crippen molar-refractivity contribution in [1.29, 1.82) is 0 Å². The molecule has 1 amide bonds. The quantitative estimate of drug-likeness (QED) is 0.375. The Morgan fingerprint density at radius 2 is 1.88 bits per heavy atom. The summed E-state index contributed by atoms with van der Waals surface area (Å²) < 4.78 is 11.0. The lowest BCUT2D eigenvalue weighted by molar-refractivity contribution is -0.140. The van der Waals surface area contributed by atoms with E-state index in [1.54, 1.807) is 42.6 Å². The Balaban J connectivity index is 1.66. The van der Waals surface area contributed by atoms with E-state index in [4.69, 9.17) is 9.47 Å². The van der Waals surface area contributed by atoms with E-state index in [-0.39, 0.29) is 11.3 Å². The molecule has 2 fully saturated rings. The van der Waals surface area contributed by atoms with Crippen LogP contribution >= 0.6 is 0 Å². The standard InChI is InChI=1S/C25H29N3O5/c1-2-15-33-19-8-6-18(7-9-19)23(29)21-22(20-5-3-4-10-26-20)28(25(31)24(21)30)12-11-27-13-16-32-17-14-27/h3-10,22,29H,2,11-17H2,1H3/b23-21+/t22-/m0/s1. The molecule has 1 N–H and O–H groups in total. The molecule has 2 saturated heterocycles. The van der Waals surface area contributed by atoms with E-state index in [0.29, 0.717) is 49.9 Å². The summed E-state index contributed by atoms with van der Waals surface area (Å²) in [6.07, 6.45) is 2.51. The first-order valence-corrected chi connectivity index (χ1v) is 11.3. The number of aliphatic hydroxyl groups excluding tert-OH is 1. The highest BCUT2D eigenvalue weighted by Gasteiger charge is 2.46. The number of hydrogen-bond donors (Lipinski definition) is 1. The normalized spacial score (nSPS) is 20.9. The Hall–Kier alpha value is -3.23. The fraction of sp³-hybridized carbons (Fsp3) is 0.400. The van der Waals surface area contributed by atoms with E-state index >= 15 is 0 Å². The zero-order chi connectivity index (χ0) is 23.2. The first-order chi connectivity index (χ1) is 16.1. The number of ether oxygens (including phenoxy) is 2. The molecule has 0 unspecified atom stereocenters. The molecule has 0 bridgehead atoms. The van der Waals surface area contributed by atoms with Crippen LogP contribution in [0.15, 0.2) is 54.2 Å². The van der Waals surface area contributed by atoms with Gasteiger partial charge in [0.05, 0.1) is 31.1 Å². The molecule has 174 valence electrons. The predicted molar refractivity (Wildman–Crippen MR) is 123 cm³/mol. The van der Waals surface area contributed by atoms with Gasteiger partial charge < -0.3 is 19.5 Å². The van der Waals surface area contributed by atoms with Crippen LogP contribution in [-0.2, 0) is 14.3 Å². The smallest absolute Gasteiger partial charge is 0.295 e. The van der Waals surface area contributed by atoms with Gasteiger partial charge in [-0.25, -0.2) is 0 Å². The van der Waals surface area contributed by atoms with Crippen LogP contribution in [0, 0.1) is 0 Å². The Morgan fingerprint density at radius 1 is 1.12 bits per heavy atom. The van der Waals surface area contributed by atoms with Crippen molar-refractivity contribution in [2.24, 2.45) is 0 Å². The van der Waals surface area contributed by atoms with Crippen molar-refractivity contribution in [3.8, 4) is 5.75 Å². The van der Waals surface area contributed by atoms with E-state index in [1.165, 1.54) is 4.90 Å². The topological polar surface area (TPSA) is 92.2 Å². The predicted octanol–water partition coefficient (Wildman–Crippen LogP) is 2.62. The highest BCUT2D eigenvalue weighted by atomic mass is 16.5. The van der Waals surface area contributed by atoms with Crippen LogP contribution < -0.4 is 4.74 Å². The van der Waals surface area contributed by atoms with Gasteiger partial charge in [0.25, 0.3) is 11.7 Å². The van der Waals surface area contributed by atoms with E-state index in [9.17, 15) is 14.7 Å². The molecule has 2 aliphatic rings. The van der Waals surface area contributed by atoms with E-state index in [2.05, 4.69) is 9.88 Å². The molecule has 0 spiro atoms. The number of carbonyl (C=O) groups is 2. The molecule has 33 heavy (non-hydrogen) atoms. The van der Waals surface area contributed by atoms with Gasteiger partial charge in [-0.3, -0.25) is 19.5 Å². The monoisotopic (exact) mass is 451 g/mol. The molecule has 0 saturated carbocycles. The van der Waals surface area contributed by atoms with Crippen LogP contribution in [0.2, 0.25) is 0 Å². The van der Waals surface area contributed by atoms with E-state index in [1.807, 2.05) is 13.0 Å². The number of nitrogens with zero attached hydrogens (tertiary/aromatic N) is 3. The number of pyridine rings is 1. The van der Waals surface area contributed by atoms with Crippen molar-refractivity contribution in [3.05, 3.63) is 65.5 Å². The molecule has 4 rings (SSSR count). The summed E-state index contributed by atoms with van der Waals surface area (Å²) in [4.78, 5) is 34.2. The Morgan fingerprint density at radius 3 is 2.55 bits per heavy atom. The Bertz CT molecular complexity index is 1000. The zero-order valence-corrected chi connectivity index (χ0v) is 18.8. The summed E-state index contributed by atoms with van der Waals surface area (Å²) in [7, 11) is 0. The van der Waals surface area contributed by atoms with E-state index in [0.717, 1.165) is 19.5 Å². The number of hydrogen-bond acceptors (Lipinski definition) is 7. The number of benzene rings is 1. The van der Waals surface area contributed by atoms with Gasteiger partial charge in [-0.05, 0) is 42.8 Å². The number of carbonyl (C=O) groups excluding carboxylic acids is 2. The number of amides is 1. The van der Waals surface area contributed by atoms with Gasteiger partial charge >= 0.3 is 0 Å². The average molecular weight is 452 g/mol. The van der Waals surface area contributed by atoms with Crippen LogP contribution in [0.5, 0.6) is 5.75 Å². The lowest BCUT2D eigenvalue weighted by Crippen LogP contribution is -2.42. The van der Waals surface area contributed by atoms with E-state index < -0.39 is 17.7 Å². The molecular formula is C25H29N3O5. The summed E-state index contributed by atoms with van der Waals surface area (Å²) in [5.41, 5.74) is 1.05. The maximum absolute atomic E-state index is 13.1. The van der Waals surface area contributed by atoms with Crippen LogP contribution in [0.3, 0.4) is 0 Å². The molecular weight excluding hydrogens is 422 g/mol. The summed E-state index contributed by atoms with van der Waals surface area (Å²) >= 11 is 0. The van der Waals surface area contributed by atoms with Crippen LogP contribution in [0.4, 0.5) is 0 Å². The summed E-state index contributed by atoms with van der Waals surface area (Å²) in [6, 6.07) is 11.5. The number of rotatable bonds is 8. The van der Waals surface area contributed by atoms with Crippen molar-refractivity contribution in [2.75, 3.05) is 46.0 Å². The lowest BCUT2D eigenvalue weighted by atomic mass is 9.98. The number of morpholine rings is 1. The number of aromatic nitrogens is 1. The van der Waals surface area contributed by atoms with Gasteiger partial charge in [0.2, 0.25) is 0 Å². The minimum Gasteiger partial charge on any atom is -0.507 e. The minimum atomic E-state index is -0.747. The number of ketones is 1. The van der Waals surface area contributed by atoms with Gasteiger partial charge in [-0.15, -0.1) is 0 Å². The highest BCUT2D eigenvalue weighted by Crippen LogP contribution is 2.38. The fourth-order valence-corrected chi connectivity index (χ4v) is 4.11. The van der Waals surface area contributed by atoms with Crippen molar-refractivity contribution < 1.29 is 24.2 Å². The van der Waals surface area contributed by atoms with Crippen molar-refractivity contribution >= 4 is 17.4 Å². The lowest BCUT2D eigenvalue weighted by Gasteiger charge is -2.30. The highest BCUT2D eigenvalue weighted by molar-refractivity contribution is 6.46. The summed E-state index contributed by atoms with van der Waals surface area (Å²) in [5, 5.41) is 11.1. The number of aliphatic hydroxyl groups is 1. The minimum absolute atomic E-state index is 0.0582. The molecule has 1 aromatic carbocycles. The summed E-state index contributed by atoms with van der Waals surface area (Å²) in [6.45, 7) is 6.46. The second-order valence-electron chi connectivity index (χ2n) is 8.07. The van der Waals surface area contributed by atoms with Crippen molar-refractivity contribution in [3.63, 3.8) is 0 Å². The van der Waals surface area contributed by atoms with Crippen LogP contribution in [0.1, 0.15) is 30.6 Å². The first kappa shape index (κ1) is 22.9. The molecule has 3 heterocycles. The molecule has 8 nitrogen and oxygen atoms in total. The van der Waals surface area contributed by atoms with Gasteiger partial charge in [0.1, 0.15) is 17.6 Å².